The minimum absolute atomic E-state index is 0.737. The lowest BCUT2D eigenvalue weighted by Gasteiger charge is -2.12. The predicted octanol–water partition coefficient (Wildman–Crippen LogP) is 10.1. The molecule has 0 N–H and O–H groups in total. The lowest BCUT2D eigenvalue weighted by molar-refractivity contribution is 1.23. The molecule has 186 valence electrons. The molecular formula is C38H24N2. The largest absolute Gasteiger partial charge is 0.228 e. The van der Waals surface area contributed by atoms with E-state index in [9.17, 15) is 0 Å². The van der Waals surface area contributed by atoms with Crippen LogP contribution in [0.1, 0.15) is 0 Å². The summed E-state index contributed by atoms with van der Waals surface area (Å²) in [5.74, 6) is 0.737. The van der Waals surface area contributed by atoms with Crippen LogP contribution in [0.15, 0.2) is 146 Å². The highest BCUT2D eigenvalue weighted by atomic mass is 14.9. The Balaban J connectivity index is 1.30. The second-order valence-corrected chi connectivity index (χ2v) is 10.2. The first kappa shape index (κ1) is 22.6. The lowest BCUT2D eigenvalue weighted by atomic mass is 9.96. The number of hydrogen-bond donors (Lipinski definition) is 0. The van der Waals surface area contributed by atoms with Gasteiger partial charge in [0.05, 0.1) is 11.2 Å². The highest BCUT2D eigenvalue weighted by Gasteiger charge is 2.13. The van der Waals surface area contributed by atoms with Gasteiger partial charge < -0.3 is 0 Å². The molecule has 0 aliphatic carbocycles. The molecule has 0 radical (unpaired) electrons. The summed E-state index contributed by atoms with van der Waals surface area (Å²) in [6, 6.07) is 51.5. The summed E-state index contributed by atoms with van der Waals surface area (Å²) in [6.07, 6.45) is 0. The normalized spacial score (nSPS) is 11.5. The number of rotatable bonds is 3. The Morgan fingerprint density at radius 2 is 0.900 bits per heavy atom. The molecule has 8 rings (SSSR count). The van der Waals surface area contributed by atoms with Crippen molar-refractivity contribution in [3.8, 4) is 33.8 Å². The van der Waals surface area contributed by atoms with E-state index in [4.69, 9.17) is 9.97 Å². The molecule has 1 heterocycles. The fourth-order valence-electron chi connectivity index (χ4n) is 5.83. The van der Waals surface area contributed by atoms with Gasteiger partial charge >= 0.3 is 0 Å². The molecular weight excluding hydrogens is 484 g/mol. The standard InChI is InChI=1S/C38H24N2/c1-2-8-25(9-3-1)26-14-17-29(18-15-26)37-34-12-6-7-13-36(34)39-38(40-37)30-19-16-28-21-22-32-31-11-5-4-10-27(31)20-23-33(32)35(28)24-30/h1-24H. The summed E-state index contributed by atoms with van der Waals surface area (Å²) < 4.78 is 0. The zero-order valence-corrected chi connectivity index (χ0v) is 21.8. The maximum absolute atomic E-state index is 5.17. The van der Waals surface area contributed by atoms with E-state index in [1.165, 1.54) is 43.4 Å². The van der Waals surface area contributed by atoms with Gasteiger partial charge in [0.1, 0.15) is 0 Å². The lowest BCUT2D eigenvalue weighted by Crippen LogP contribution is -1.95. The Kier molecular flexibility index (Phi) is 5.17. The number of aromatic nitrogens is 2. The highest BCUT2D eigenvalue weighted by Crippen LogP contribution is 2.35. The molecule has 0 amide bonds. The molecule has 0 fully saturated rings. The number of nitrogens with zero attached hydrogens (tertiary/aromatic N) is 2. The maximum Gasteiger partial charge on any atom is 0.160 e. The van der Waals surface area contributed by atoms with Crippen LogP contribution in [0.2, 0.25) is 0 Å². The van der Waals surface area contributed by atoms with Gasteiger partial charge in [-0.3, -0.25) is 0 Å². The Labute approximate surface area is 232 Å². The minimum atomic E-state index is 0.737. The molecule has 0 unspecified atom stereocenters. The average molecular weight is 509 g/mol. The number of hydrogen-bond acceptors (Lipinski definition) is 2. The monoisotopic (exact) mass is 508 g/mol. The summed E-state index contributed by atoms with van der Waals surface area (Å²) in [6.45, 7) is 0. The maximum atomic E-state index is 5.17. The van der Waals surface area contributed by atoms with Crippen LogP contribution >= 0.6 is 0 Å². The first-order valence-electron chi connectivity index (χ1n) is 13.6. The SMILES string of the molecule is c1ccc(-c2ccc(-c3nc(-c4ccc5ccc6c7ccccc7ccc6c5c4)nc4ccccc34)cc2)cc1. The molecule has 0 saturated carbocycles. The van der Waals surface area contributed by atoms with Crippen LogP contribution in [-0.2, 0) is 0 Å². The molecule has 0 aliphatic rings. The van der Waals surface area contributed by atoms with Gasteiger partial charge in [0, 0.05) is 16.5 Å². The first-order valence-corrected chi connectivity index (χ1v) is 13.6. The molecule has 1 aromatic heterocycles. The van der Waals surface area contributed by atoms with E-state index in [1.807, 2.05) is 12.1 Å². The second-order valence-electron chi connectivity index (χ2n) is 10.2. The molecule has 8 aromatic rings. The Morgan fingerprint density at radius 1 is 0.325 bits per heavy atom. The Morgan fingerprint density at radius 3 is 1.73 bits per heavy atom. The molecule has 7 aromatic carbocycles. The van der Waals surface area contributed by atoms with Gasteiger partial charge in [-0.25, -0.2) is 9.97 Å². The van der Waals surface area contributed by atoms with Gasteiger partial charge in [0.25, 0.3) is 0 Å². The van der Waals surface area contributed by atoms with E-state index in [1.54, 1.807) is 0 Å². The van der Waals surface area contributed by atoms with Crippen molar-refractivity contribution in [3.05, 3.63) is 146 Å². The van der Waals surface area contributed by atoms with E-state index in [-0.39, 0.29) is 0 Å². The summed E-state index contributed by atoms with van der Waals surface area (Å²) in [5.41, 5.74) is 6.39. The zero-order chi connectivity index (χ0) is 26.5. The molecule has 0 aliphatic heterocycles. The fourth-order valence-corrected chi connectivity index (χ4v) is 5.83. The van der Waals surface area contributed by atoms with E-state index < -0.39 is 0 Å². The van der Waals surface area contributed by atoms with Crippen molar-refractivity contribution in [1.29, 1.82) is 0 Å². The van der Waals surface area contributed by atoms with Crippen molar-refractivity contribution in [2.24, 2.45) is 0 Å². The molecule has 0 saturated heterocycles. The number of para-hydroxylation sites is 1. The Bertz CT molecular complexity index is 2200. The van der Waals surface area contributed by atoms with Crippen molar-refractivity contribution in [2.75, 3.05) is 0 Å². The van der Waals surface area contributed by atoms with Gasteiger partial charge in [-0.05, 0) is 55.6 Å². The topological polar surface area (TPSA) is 25.8 Å². The molecule has 2 heteroatoms. The molecule has 40 heavy (non-hydrogen) atoms. The highest BCUT2D eigenvalue weighted by molar-refractivity contribution is 6.17. The average Bonchev–Trinajstić information content (AvgIpc) is 3.04. The van der Waals surface area contributed by atoms with Crippen LogP contribution in [-0.4, -0.2) is 9.97 Å². The van der Waals surface area contributed by atoms with Crippen molar-refractivity contribution in [2.45, 2.75) is 0 Å². The fraction of sp³-hybridized carbons (Fsp3) is 0. The van der Waals surface area contributed by atoms with E-state index >= 15 is 0 Å². The van der Waals surface area contributed by atoms with Crippen molar-refractivity contribution >= 4 is 43.2 Å². The van der Waals surface area contributed by atoms with Gasteiger partial charge in [-0.1, -0.05) is 133 Å². The van der Waals surface area contributed by atoms with Crippen molar-refractivity contribution in [3.63, 3.8) is 0 Å². The summed E-state index contributed by atoms with van der Waals surface area (Å²) in [4.78, 5) is 10.2. The number of fused-ring (bicyclic) bond motifs is 6. The summed E-state index contributed by atoms with van der Waals surface area (Å²) in [5, 5.41) is 8.52. The second kappa shape index (κ2) is 9.14. The minimum Gasteiger partial charge on any atom is -0.228 e. The predicted molar refractivity (Wildman–Crippen MR) is 168 cm³/mol. The van der Waals surface area contributed by atoms with Crippen LogP contribution < -0.4 is 0 Å². The number of benzene rings is 7. The van der Waals surface area contributed by atoms with Crippen LogP contribution in [0.4, 0.5) is 0 Å². The smallest absolute Gasteiger partial charge is 0.160 e. The van der Waals surface area contributed by atoms with Crippen LogP contribution in [0.25, 0.3) is 77.0 Å². The van der Waals surface area contributed by atoms with E-state index in [2.05, 4.69) is 133 Å². The third kappa shape index (κ3) is 3.73. The van der Waals surface area contributed by atoms with E-state index in [0.717, 1.165) is 33.5 Å². The molecule has 0 bridgehead atoms. The summed E-state index contributed by atoms with van der Waals surface area (Å²) >= 11 is 0. The third-order valence-electron chi connectivity index (χ3n) is 7.87. The Hall–Kier alpha value is -5.34. The van der Waals surface area contributed by atoms with Crippen molar-refractivity contribution in [1.82, 2.24) is 9.97 Å². The van der Waals surface area contributed by atoms with Gasteiger partial charge in [-0.2, -0.15) is 0 Å². The molecule has 2 nitrogen and oxygen atoms in total. The molecule has 0 atom stereocenters. The van der Waals surface area contributed by atoms with Crippen LogP contribution in [0.3, 0.4) is 0 Å². The van der Waals surface area contributed by atoms with Gasteiger partial charge in [-0.15, -0.1) is 0 Å². The van der Waals surface area contributed by atoms with Crippen LogP contribution in [0.5, 0.6) is 0 Å². The third-order valence-corrected chi connectivity index (χ3v) is 7.87. The zero-order valence-electron chi connectivity index (χ0n) is 21.8. The van der Waals surface area contributed by atoms with E-state index in [0.29, 0.717) is 0 Å². The van der Waals surface area contributed by atoms with Gasteiger partial charge in [0.2, 0.25) is 0 Å². The first-order chi connectivity index (χ1) is 19.8. The van der Waals surface area contributed by atoms with Crippen LogP contribution in [0, 0.1) is 0 Å². The van der Waals surface area contributed by atoms with Crippen molar-refractivity contribution < 1.29 is 0 Å². The summed E-state index contributed by atoms with van der Waals surface area (Å²) in [7, 11) is 0. The van der Waals surface area contributed by atoms with Gasteiger partial charge in [0.15, 0.2) is 5.82 Å². The molecule has 0 spiro atoms. The quantitative estimate of drug-likeness (QED) is 0.222.